The van der Waals surface area contributed by atoms with Crippen LogP contribution in [-0.2, 0) is 0 Å². The highest BCUT2D eigenvalue weighted by Crippen LogP contribution is 2.33. The summed E-state index contributed by atoms with van der Waals surface area (Å²) < 4.78 is 6.24. The molecular weight excluding hydrogens is 320 g/mol. The highest BCUT2D eigenvalue weighted by atomic mass is 79.9. The molecule has 1 aromatic carbocycles. The number of furan rings is 1. The molecule has 1 aliphatic rings. The normalized spacial score (nSPS) is 17.9. The molecule has 104 valence electrons. The Morgan fingerprint density at radius 2 is 2.05 bits per heavy atom. The van der Waals surface area contributed by atoms with E-state index in [1.54, 1.807) is 0 Å². The van der Waals surface area contributed by atoms with E-state index in [1.165, 1.54) is 0 Å². The number of nitrogens with one attached hydrogen (secondary N) is 2. The van der Waals surface area contributed by atoms with Crippen molar-refractivity contribution < 1.29 is 9.52 Å². The summed E-state index contributed by atoms with van der Waals surface area (Å²) in [6, 6.07) is 7.63. The highest BCUT2D eigenvalue weighted by Gasteiger charge is 2.22. The number of phenolic OH excluding ortho intramolecular Hbond substituents is 1. The van der Waals surface area contributed by atoms with Crippen molar-refractivity contribution >= 4 is 21.6 Å². The topological polar surface area (TPSA) is 57.4 Å². The predicted octanol–water partition coefficient (Wildman–Crippen LogP) is 3.55. The second-order valence-corrected chi connectivity index (χ2v) is 5.73. The largest absolute Gasteiger partial charge is 0.507 e. The lowest BCUT2D eigenvalue weighted by Crippen LogP contribution is -2.26. The van der Waals surface area contributed by atoms with Gasteiger partial charge < -0.3 is 14.9 Å². The number of hydrogen-bond acceptors (Lipinski definition) is 4. The minimum absolute atomic E-state index is 0.0588. The van der Waals surface area contributed by atoms with E-state index in [4.69, 9.17) is 4.42 Å². The molecule has 0 fully saturated rings. The average Bonchev–Trinajstić information content (AvgIpc) is 3.02. The van der Waals surface area contributed by atoms with Gasteiger partial charge >= 0.3 is 0 Å². The number of hydrazine groups is 1. The quantitative estimate of drug-likeness (QED) is 0.786. The SMILES string of the molecule is Cc1cc(C)c(O)c(C2=C[C@H](c3ccc(Br)o3)NN2)c1. The molecule has 1 aromatic heterocycles. The van der Waals surface area contributed by atoms with E-state index in [-0.39, 0.29) is 6.04 Å². The minimum atomic E-state index is -0.0588. The van der Waals surface area contributed by atoms with Crippen molar-refractivity contribution in [3.8, 4) is 5.75 Å². The predicted molar refractivity (Wildman–Crippen MR) is 81.0 cm³/mol. The summed E-state index contributed by atoms with van der Waals surface area (Å²) in [4.78, 5) is 0. The highest BCUT2D eigenvalue weighted by molar-refractivity contribution is 9.10. The van der Waals surface area contributed by atoms with Crippen LogP contribution >= 0.6 is 15.9 Å². The molecule has 2 aromatic rings. The summed E-state index contributed by atoms with van der Waals surface area (Å²) in [5, 5.41) is 10.2. The Balaban J connectivity index is 1.96. The van der Waals surface area contributed by atoms with Crippen molar-refractivity contribution in [3.05, 3.63) is 57.5 Å². The van der Waals surface area contributed by atoms with Crippen molar-refractivity contribution in [2.75, 3.05) is 0 Å². The zero-order valence-electron chi connectivity index (χ0n) is 11.2. The molecule has 3 N–H and O–H groups in total. The Bertz CT molecular complexity index is 691. The van der Waals surface area contributed by atoms with E-state index in [1.807, 2.05) is 44.2 Å². The molecule has 4 nitrogen and oxygen atoms in total. The fourth-order valence-electron chi connectivity index (χ4n) is 2.38. The van der Waals surface area contributed by atoms with E-state index in [9.17, 15) is 5.11 Å². The van der Waals surface area contributed by atoms with Crippen LogP contribution in [-0.4, -0.2) is 5.11 Å². The zero-order chi connectivity index (χ0) is 14.3. The molecular formula is C15H15BrN2O2. The van der Waals surface area contributed by atoms with Crippen LogP contribution in [0.15, 0.2) is 39.4 Å². The summed E-state index contributed by atoms with van der Waals surface area (Å²) in [5.74, 6) is 1.11. The third kappa shape index (κ3) is 2.34. The van der Waals surface area contributed by atoms with Crippen LogP contribution in [0.3, 0.4) is 0 Å². The average molecular weight is 335 g/mol. The second kappa shape index (κ2) is 5.00. The maximum atomic E-state index is 10.2. The number of aromatic hydroxyl groups is 1. The van der Waals surface area contributed by atoms with Gasteiger partial charge in [0, 0.05) is 5.56 Å². The first-order valence-electron chi connectivity index (χ1n) is 6.34. The lowest BCUT2D eigenvalue weighted by Gasteiger charge is -2.10. The molecule has 5 heteroatoms. The van der Waals surface area contributed by atoms with E-state index < -0.39 is 0 Å². The van der Waals surface area contributed by atoms with Crippen LogP contribution in [0.25, 0.3) is 5.70 Å². The molecule has 1 aliphatic heterocycles. The van der Waals surface area contributed by atoms with Gasteiger partial charge in [0.1, 0.15) is 17.6 Å². The lowest BCUT2D eigenvalue weighted by atomic mass is 10.0. The van der Waals surface area contributed by atoms with Gasteiger partial charge in [-0.15, -0.1) is 0 Å². The minimum Gasteiger partial charge on any atom is -0.507 e. The van der Waals surface area contributed by atoms with Gasteiger partial charge in [0.15, 0.2) is 4.67 Å². The zero-order valence-corrected chi connectivity index (χ0v) is 12.8. The van der Waals surface area contributed by atoms with Crippen molar-refractivity contribution in [2.24, 2.45) is 0 Å². The number of halogens is 1. The summed E-state index contributed by atoms with van der Waals surface area (Å²) in [7, 11) is 0. The molecule has 20 heavy (non-hydrogen) atoms. The number of aryl methyl sites for hydroxylation is 2. The van der Waals surface area contributed by atoms with E-state index in [0.717, 1.165) is 28.1 Å². The Kier molecular flexibility index (Phi) is 3.31. The van der Waals surface area contributed by atoms with Gasteiger partial charge in [-0.25, -0.2) is 5.43 Å². The third-order valence-corrected chi connectivity index (χ3v) is 3.76. The fraction of sp³-hybridized carbons (Fsp3) is 0.200. The second-order valence-electron chi connectivity index (χ2n) is 4.95. The van der Waals surface area contributed by atoms with Crippen LogP contribution in [0, 0.1) is 13.8 Å². The Morgan fingerprint density at radius 3 is 2.75 bits per heavy atom. The van der Waals surface area contributed by atoms with Crippen LogP contribution in [0.2, 0.25) is 0 Å². The van der Waals surface area contributed by atoms with Crippen molar-refractivity contribution in [2.45, 2.75) is 19.9 Å². The van der Waals surface area contributed by atoms with Gasteiger partial charge in [-0.05, 0) is 65.2 Å². The Labute approximate surface area is 125 Å². The van der Waals surface area contributed by atoms with E-state index in [2.05, 4.69) is 26.8 Å². The molecule has 0 bridgehead atoms. The Morgan fingerprint density at radius 1 is 1.25 bits per heavy atom. The van der Waals surface area contributed by atoms with Gasteiger partial charge in [0.25, 0.3) is 0 Å². The number of hydrogen-bond donors (Lipinski definition) is 3. The van der Waals surface area contributed by atoms with Crippen molar-refractivity contribution in [3.63, 3.8) is 0 Å². The molecule has 3 rings (SSSR count). The summed E-state index contributed by atoms with van der Waals surface area (Å²) in [6.07, 6.45) is 2.00. The van der Waals surface area contributed by atoms with Gasteiger partial charge in [0.2, 0.25) is 0 Å². The monoisotopic (exact) mass is 334 g/mol. The maximum absolute atomic E-state index is 10.2. The first-order chi connectivity index (χ1) is 9.54. The summed E-state index contributed by atoms with van der Waals surface area (Å²) in [6.45, 7) is 3.91. The molecule has 0 saturated carbocycles. The Hall–Kier alpha value is -1.72. The lowest BCUT2D eigenvalue weighted by molar-refractivity contribution is 0.439. The first kappa shape index (κ1) is 13.3. The maximum Gasteiger partial charge on any atom is 0.169 e. The summed E-state index contributed by atoms with van der Waals surface area (Å²) in [5.41, 5.74) is 9.86. The van der Waals surface area contributed by atoms with E-state index >= 15 is 0 Å². The van der Waals surface area contributed by atoms with Gasteiger partial charge in [-0.1, -0.05) is 6.07 Å². The molecule has 0 unspecified atom stereocenters. The molecule has 0 radical (unpaired) electrons. The fourth-order valence-corrected chi connectivity index (χ4v) is 2.70. The molecule has 1 atom stereocenters. The summed E-state index contributed by atoms with van der Waals surface area (Å²) >= 11 is 3.29. The smallest absolute Gasteiger partial charge is 0.169 e. The van der Waals surface area contributed by atoms with E-state index in [0.29, 0.717) is 10.4 Å². The van der Waals surface area contributed by atoms with Crippen molar-refractivity contribution in [1.29, 1.82) is 0 Å². The molecule has 0 spiro atoms. The third-order valence-electron chi connectivity index (χ3n) is 3.33. The van der Waals surface area contributed by atoms with Gasteiger partial charge in [-0.2, -0.15) is 0 Å². The molecule has 0 amide bonds. The first-order valence-corrected chi connectivity index (χ1v) is 7.13. The van der Waals surface area contributed by atoms with Crippen LogP contribution in [0.5, 0.6) is 5.75 Å². The molecule has 0 saturated heterocycles. The van der Waals surface area contributed by atoms with Crippen LogP contribution < -0.4 is 10.9 Å². The van der Waals surface area contributed by atoms with Crippen LogP contribution in [0.1, 0.15) is 28.5 Å². The number of benzene rings is 1. The van der Waals surface area contributed by atoms with Crippen molar-refractivity contribution in [1.82, 2.24) is 10.9 Å². The molecule has 2 heterocycles. The van der Waals surface area contributed by atoms with Crippen LogP contribution in [0.4, 0.5) is 0 Å². The molecule has 0 aliphatic carbocycles. The number of rotatable bonds is 2. The number of phenols is 1. The van der Waals surface area contributed by atoms with Gasteiger partial charge in [-0.3, -0.25) is 0 Å². The standard InChI is InChI=1S/C15H15BrN2O2/c1-8-5-9(2)15(19)10(6-8)11-7-12(18-17-11)13-3-4-14(16)20-13/h3-7,12,17-19H,1-2H3/t12-/m1/s1. The van der Waals surface area contributed by atoms with Gasteiger partial charge in [0.05, 0.1) is 5.70 Å².